The van der Waals surface area contributed by atoms with Gasteiger partial charge < -0.3 is 15.3 Å². The predicted molar refractivity (Wildman–Crippen MR) is 127 cm³/mol. The van der Waals surface area contributed by atoms with Gasteiger partial charge in [0.15, 0.2) is 0 Å². The molecule has 0 amide bonds. The molecule has 0 aliphatic heterocycles. The third-order valence-electron chi connectivity index (χ3n) is 9.04. The van der Waals surface area contributed by atoms with Crippen LogP contribution < -0.4 is 0 Å². The highest BCUT2D eigenvalue weighted by Gasteiger charge is 2.48. The molecule has 4 fully saturated rings. The molecule has 0 spiro atoms. The molecule has 0 aromatic rings. The zero-order valence-electron chi connectivity index (χ0n) is 19.4. The molecule has 31 heavy (non-hydrogen) atoms. The molecule has 5 atom stereocenters. The van der Waals surface area contributed by atoms with Crippen LogP contribution in [0.1, 0.15) is 90.4 Å². The van der Waals surface area contributed by atoms with Crippen molar-refractivity contribution in [2.75, 3.05) is 0 Å². The van der Waals surface area contributed by atoms with Crippen molar-refractivity contribution in [1.29, 1.82) is 0 Å². The van der Waals surface area contributed by atoms with Crippen molar-refractivity contribution in [2.45, 2.75) is 108 Å². The Bertz CT molecular complexity index is 754. The first-order chi connectivity index (χ1) is 14.8. The topological polar surface area (TPSA) is 60.7 Å². The summed E-state index contributed by atoms with van der Waals surface area (Å²) in [5.41, 5.74) is 3.26. The molecule has 3 heteroatoms. The van der Waals surface area contributed by atoms with Gasteiger partial charge in [-0.05, 0) is 92.6 Å². The number of hydrogen-bond acceptors (Lipinski definition) is 3. The Kier molecular flexibility index (Phi) is 6.96. The van der Waals surface area contributed by atoms with Gasteiger partial charge in [-0.15, -0.1) is 0 Å². The molecule has 0 heterocycles. The second-order valence-electron chi connectivity index (χ2n) is 11.1. The van der Waals surface area contributed by atoms with Gasteiger partial charge >= 0.3 is 0 Å². The molecule has 4 rings (SSSR count). The molecule has 4 saturated carbocycles. The fourth-order valence-electron chi connectivity index (χ4n) is 7.00. The van der Waals surface area contributed by atoms with E-state index in [9.17, 15) is 15.3 Å². The third-order valence-corrected chi connectivity index (χ3v) is 9.04. The minimum atomic E-state index is -0.616. The van der Waals surface area contributed by atoms with E-state index in [0.29, 0.717) is 24.2 Å². The van der Waals surface area contributed by atoms with Crippen molar-refractivity contribution in [1.82, 2.24) is 0 Å². The van der Waals surface area contributed by atoms with Gasteiger partial charge in [-0.1, -0.05) is 56.2 Å². The normalized spacial score (nSPS) is 40.8. The minimum Gasteiger partial charge on any atom is -0.393 e. The van der Waals surface area contributed by atoms with Crippen molar-refractivity contribution in [3.8, 4) is 0 Å². The smallest absolute Gasteiger partial charge is 0.0811 e. The number of aliphatic hydroxyl groups is 3. The van der Waals surface area contributed by atoms with Crippen molar-refractivity contribution in [3.63, 3.8) is 0 Å². The van der Waals surface area contributed by atoms with Crippen molar-refractivity contribution < 1.29 is 15.3 Å². The molecule has 0 radical (unpaired) electrons. The van der Waals surface area contributed by atoms with Gasteiger partial charge in [-0.3, -0.25) is 0 Å². The molecular formula is C28H42O3. The lowest BCUT2D eigenvalue weighted by atomic mass is 9.63. The van der Waals surface area contributed by atoms with Crippen LogP contribution in [0.15, 0.2) is 47.6 Å². The maximum atomic E-state index is 10.6. The summed E-state index contributed by atoms with van der Waals surface area (Å²) in [5, 5.41) is 30.7. The average molecular weight is 427 g/mol. The average Bonchev–Trinajstić information content (AvgIpc) is 3.30. The summed E-state index contributed by atoms with van der Waals surface area (Å²) >= 11 is 0. The fourth-order valence-corrected chi connectivity index (χ4v) is 7.00. The van der Waals surface area contributed by atoms with Crippen LogP contribution in [-0.2, 0) is 0 Å². The SMILES string of the molecule is C=C1/C(=C\C=C2/CCCC3(C)C(C/C=C/CC4(O)CCCC4)CCC23)C[C@@H](O)CC1O. The van der Waals surface area contributed by atoms with Crippen LogP contribution in [0.5, 0.6) is 0 Å². The highest BCUT2D eigenvalue weighted by atomic mass is 16.3. The van der Waals surface area contributed by atoms with E-state index in [-0.39, 0.29) is 0 Å². The van der Waals surface area contributed by atoms with Crippen LogP contribution in [0.3, 0.4) is 0 Å². The largest absolute Gasteiger partial charge is 0.393 e. The summed E-state index contributed by atoms with van der Waals surface area (Å²) in [6.45, 7) is 6.56. The Labute approximate surface area is 188 Å². The quantitative estimate of drug-likeness (QED) is 0.489. The summed E-state index contributed by atoms with van der Waals surface area (Å²) in [7, 11) is 0. The molecular weight excluding hydrogens is 384 g/mol. The first-order valence-corrected chi connectivity index (χ1v) is 12.6. The Morgan fingerprint density at radius 1 is 1.03 bits per heavy atom. The predicted octanol–water partition coefficient (Wildman–Crippen LogP) is 5.77. The van der Waals surface area contributed by atoms with Crippen LogP contribution in [-0.4, -0.2) is 33.1 Å². The summed E-state index contributed by atoms with van der Waals surface area (Å²) in [5.74, 6) is 1.36. The highest BCUT2D eigenvalue weighted by Crippen LogP contribution is 2.58. The molecule has 0 aromatic heterocycles. The van der Waals surface area contributed by atoms with Crippen LogP contribution in [0, 0.1) is 17.3 Å². The first-order valence-electron chi connectivity index (χ1n) is 12.6. The van der Waals surface area contributed by atoms with E-state index in [2.05, 4.69) is 37.8 Å². The number of aliphatic hydroxyl groups excluding tert-OH is 2. The third kappa shape index (κ3) is 4.94. The van der Waals surface area contributed by atoms with Crippen molar-refractivity contribution in [3.05, 3.63) is 47.6 Å². The van der Waals surface area contributed by atoms with Gasteiger partial charge in [0.25, 0.3) is 0 Å². The van der Waals surface area contributed by atoms with Crippen LogP contribution in [0.25, 0.3) is 0 Å². The van der Waals surface area contributed by atoms with Crippen LogP contribution in [0.4, 0.5) is 0 Å². The molecule has 3 nitrogen and oxygen atoms in total. The lowest BCUT2D eigenvalue weighted by molar-refractivity contribution is 0.0508. The Morgan fingerprint density at radius 2 is 1.81 bits per heavy atom. The first kappa shape index (κ1) is 23.0. The summed E-state index contributed by atoms with van der Waals surface area (Å²) in [6, 6.07) is 0. The Morgan fingerprint density at radius 3 is 2.58 bits per heavy atom. The zero-order valence-corrected chi connectivity index (χ0v) is 19.4. The van der Waals surface area contributed by atoms with Gasteiger partial charge in [0.05, 0.1) is 17.8 Å². The summed E-state index contributed by atoms with van der Waals surface area (Å²) in [4.78, 5) is 0. The van der Waals surface area contributed by atoms with Crippen LogP contribution >= 0.6 is 0 Å². The van der Waals surface area contributed by atoms with Gasteiger partial charge in [0.1, 0.15) is 0 Å². The molecule has 3 N–H and O–H groups in total. The summed E-state index contributed by atoms with van der Waals surface area (Å²) < 4.78 is 0. The Balaban J connectivity index is 1.41. The van der Waals surface area contributed by atoms with Gasteiger partial charge in [-0.2, -0.15) is 0 Å². The molecule has 0 saturated heterocycles. The molecule has 172 valence electrons. The van der Waals surface area contributed by atoms with Crippen molar-refractivity contribution in [2.24, 2.45) is 17.3 Å². The number of rotatable bonds is 5. The molecule has 4 aliphatic carbocycles. The van der Waals surface area contributed by atoms with E-state index in [1.165, 1.54) is 38.5 Å². The molecule has 0 aromatic carbocycles. The van der Waals surface area contributed by atoms with E-state index in [1.807, 2.05) is 0 Å². The highest BCUT2D eigenvalue weighted by molar-refractivity contribution is 5.38. The van der Waals surface area contributed by atoms with Gasteiger partial charge in [-0.25, -0.2) is 0 Å². The lowest BCUT2D eigenvalue weighted by Gasteiger charge is -2.42. The molecule has 0 bridgehead atoms. The maximum Gasteiger partial charge on any atom is 0.0811 e. The second kappa shape index (κ2) is 9.37. The van der Waals surface area contributed by atoms with E-state index < -0.39 is 17.8 Å². The molecule has 4 unspecified atom stereocenters. The number of hydrogen-bond donors (Lipinski definition) is 3. The van der Waals surface area contributed by atoms with E-state index in [1.54, 1.807) is 5.57 Å². The van der Waals surface area contributed by atoms with E-state index in [4.69, 9.17) is 0 Å². The van der Waals surface area contributed by atoms with Gasteiger partial charge in [0.2, 0.25) is 0 Å². The van der Waals surface area contributed by atoms with Crippen LogP contribution in [0.2, 0.25) is 0 Å². The fraction of sp³-hybridized carbons (Fsp3) is 0.714. The lowest BCUT2D eigenvalue weighted by Crippen LogP contribution is -2.33. The van der Waals surface area contributed by atoms with E-state index in [0.717, 1.165) is 49.2 Å². The zero-order chi connectivity index (χ0) is 22.1. The van der Waals surface area contributed by atoms with Gasteiger partial charge in [0, 0.05) is 6.42 Å². The minimum absolute atomic E-state index is 0.361. The second-order valence-corrected chi connectivity index (χ2v) is 11.1. The number of fused-ring (bicyclic) bond motifs is 1. The monoisotopic (exact) mass is 426 g/mol. The van der Waals surface area contributed by atoms with Crippen molar-refractivity contribution >= 4 is 0 Å². The number of allylic oxidation sites excluding steroid dienone is 4. The summed E-state index contributed by atoms with van der Waals surface area (Å²) in [6.07, 6.45) is 21.4. The maximum absolute atomic E-state index is 10.6. The Hall–Kier alpha value is -1.16. The standard InChI is InChI=1S/C28H42O3/c1-20-22(18-24(29)19-26(20)30)11-10-21-8-7-14-27(2)23(12-13-25(21)27)9-3-4-15-28(31)16-5-6-17-28/h3-4,10-11,23-26,29-31H,1,5-9,12-19H2,2H3/b4-3+,21-10+,22-11-/t23?,24-,25?,26?,27?/m1/s1. The molecule has 4 aliphatic rings. The van der Waals surface area contributed by atoms with E-state index >= 15 is 0 Å².